The average Bonchev–Trinajstić information content (AvgIpc) is 2.09. The molecule has 0 nitrogen and oxygen atoms in total. The summed E-state index contributed by atoms with van der Waals surface area (Å²) in [6, 6.07) is 0. The summed E-state index contributed by atoms with van der Waals surface area (Å²) in [5.41, 5.74) is 3.78. The van der Waals surface area contributed by atoms with Gasteiger partial charge in [-0.2, -0.15) is 0 Å². The normalized spacial score (nSPS) is 24.0. The van der Waals surface area contributed by atoms with Crippen molar-refractivity contribution in [3.05, 3.63) is 11.1 Å². The molecule has 0 heterocycles. The van der Waals surface area contributed by atoms with Crippen LogP contribution in [0.3, 0.4) is 0 Å². The zero-order chi connectivity index (χ0) is 6.36. The maximum absolute atomic E-state index is 2.29. The highest BCUT2D eigenvalue weighted by Crippen LogP contribution is 2.52. The molecule has 1 aliphatic carbocycles. The van der Waals surface area contributed by atoms with Crippen LogP contribution < -0.4 is 0 Å². The Balaban J connectivity index is 2.61. The van der Waals surface area contributed by atoms with Crippen molar-refractivity contribution in [1.82, 2.24) is 0 Å². The Morgan fingerprint density at radius 1 is 1.38 bits per heavy atom. The van der Waals surface area contributed by atoms with Crippen molar-refractivity contribution in [2.45, 2.75) is 34.1 Å². The van der Waals surface area contributed by atoms with Gasteiger partial charge < -0.3 is 0 Å². The lowest BCUT2D eigenvalue weighted by atomic mass is 10.0. The van der Waals surface area contributed by atoms with Crippen LogP contribution >= 0.6 is 0 Å². The topological polar surface area (TPSA) is 0 Å². The fourth-order valence-electron chi connectivity index (χ4n) is 1.45. The summed E-state index contributed by atoms with van der Waals surface area (Å²) in [5.74, 6) is 0. The maximum atomic E-state index is 2.29. The molecule has 0 aromatic carbocycles. The summed E-state index contributed by atoms with van der Waals surface area (Å²) in [4.78, 5) is 0. The minimum atomic E-state index is 0.509. The van der Waals surface area contributed by atoms with E-state index in [1.165, 1.54) is 6.42 Å². The number of allylic oxidation sites excluding steroid dienone is 2. The van der Waals surface area contributed by atoms with E-state index in [9.17, 15) is 0 Å². The van der Waals surface area contributed by atoms with E-state index in [1.54, 1.807) is 11.1 Å². The SMILES string of the molecule is CCC1=C(C)C1(C)C. The van der Waals surface area contributed by atoms with Gasteiger partial charge in [-0.05, 0) is 13.3 Å². The molecular formula is C8H14. The van der Waals surface area contributed by atoms with Gasteiger partial charge in [0.15, 0.2) is 0 Å². The van der Waals surface area contributed by atoms with Crippen LogP contribution in [0.25, 0.3) is 0 Å². The first-order valence-electron chi connectivity index (χ1n) is 3.31. The monoisotopic (exact) mass is 110 g/mol. The van der Waals surface area contributed by atoms with Crippen LogP contribution in [0.1, 0.15) is 34.1 Å². The van der Waals surface area contributed by atoms with Crippen LogP contribution in [0.4, 0.5) is 0 Å². The zero-order valence-electron chi connectivity index (χ0n) is 6.21. The van der Waals surface area contributed by atoms with E-state index in [1.807, 2.05) is 0 Å². The molecule has 0 heteroatoms. The van der Waals surface area contributed by atoms with E-state index in [0.717, 1.165) is 0 Å². The van der Waals surface area contributed by atoms with Crippen molar-refractivity contribution < 1.29 is 0 Å². The van der Waals surface area contributed by atoms with Gasteiger partial charge in [0.1, 0.15) is 0 Å². The van der Waals surface area contributed by atoms with Crippen molar-refractivity contribution in [2.24, 2.45) is 5.41 Å². The third-order valence-electron chi connectivity index (χ3n) is 2.44. The Kier molecular flexibility index (Phi) is 1.00. The largest absolute Gasteiger partial charge is 0.0635 e. The van der Waals surface area contributed by atoms with Gasteiger partial charge in [-0.3, -0.25) is 0 Å². The van der Waals surface area contributed by atoms with Crippen LogP contribution in [0.2, 0.25) is 0 Å². The summed E-state index contributed by atoms with van der Waals surface area (Å²) in [7, 11) is 0. The first kappa shape index (κ1) is 5.87. The number of hydrogen-bond acceptors (Lipinski definition) is 0. The van der Waals surface area contributed by atoms with Crippen molar-refractivity contribution in [2.75, 3.05) is 0 Å². The lowest BCUT2D eigenvalue weighted by Gasteiger charge is -2.00. The van der Waals surface area contributed by atoms with Gasteiger partial charge in [-0.15, -0.1) is 0 Å². The standard InChI is InChI=1S/C8H14/c1-5-7-6(2)8(7,3)4/h5H2,1-4H3. The highest BCUT2D eigenvalue weighted by atomic mass is 14.4. The van der Waals surface area contributed by atoms with Gasteiger partial charge in [0.05, 0.1) is 0 Å². The number of rotatable bonds is 1. The van der Waals surface area contributed by atoms with E-state index >= 15 is 0 Å². The van der Waals surface area contributed by atoms with E-state index in [2.05, 4.69) is 27.7 Å². The summed E-state index contributed by atoms with van der Waals surface area (Å²) in [5, 5.41) is 0. The highest BCUT2D eigenvalue weighted by molar-refractivity contribution is 5.44. The zero-order valence-corrected chi connectivity index (χ0v) is 6.21. The molecule has 0 radical (unpaired) electrons. The lowest BCUT2D eigenvalue weighted by Crippen LogP contribution is -1.90. The molecule has 0 saturated carbocycles. The van der Waals surface area contributed by atoms with E-state index in [0.29, 0.717) is 5.41 Å². The van der Waals surface area contributed by atoms with E-state index < -0.39 is 0 Å². The van der Waals surface area contributed by atoms with Gasteiger partial charge >= 0.3 is 0 Å². The predicted octanol–water partition coefficient (Wildman–Crippen LogP) is 2.75. The third kappa shape index (κ3) is 0.521. The fraction of sp³-hybridized carbons (Fsp3) is 0.750. The second kappa shape index (κ2) is 1.37. The average molecular weight is 110 g/mol. The third-order valence-corrected chi connectivity index (χ3v) is 2.44. The Morgan fingerprint density at radius 2 is 1.75 bits per heavy atom. The minimum Gasteiger partial charge on any atom is -0.0635 e. The summed E-state index contributed by atoms with van der Waals surface area (Å²) in [6.07, 6.45) is 1.25. The van der Waals surface area contributed by atoms with Gasteiger partial charge in [-0.25, -0.2) is 0 Å². The molecule has 0 fully saturated rings. The first-order valence-corrected chi connectivity index (χ1v) is 3.31. The van der Waals surface area contributed by atoms with Crippen LogP contribution in [0, 0.1) is 5.41 Å². The molecule has 0 N–H and O–H groups in total. The Hall–Kier alpha value is -0.260. The molecule has 1 aliphatic rings. The molecule has 0 unspecified atom stereocenters. The highest BCUT2D eigenvalue weighted by Gasteiger charge is 2.39. The smallest absolute Gasteiger partial charge is 0.00670 e. The fourth-order valence-corrected chi connectivity index (χ4v) is 1.45. The Morgan fingerprint density at radius 3 is 1.75 bits per heavy atom. The van der Waals surface area contributed by atoms with E-state index in [-0.39, 0.29) is 0 Å². The summed E-state index contributed by atoms with van der Waals surface area (Å²) < 4.78 is 0. The Bertz CT molecular complexity index is 138. The summed E-state index contributed by atoms with van der Waals surface area (Å²) >= 11 is 0. The molecule has 8 heavy (non-hydrogen) atoms. The maximum Gasteiger partial charge on any atom is 0.00670 e. The predicted molar refractivity (Wildman–Crippen MR) is 36.8 cm³/mol. The van der Waals surface area contributed by atoms with Gasteiger partial charge in [-0.1, -0.05) is 31.9 Å². The molecule has 0 aliphatic heterocycles. The minimum absolute atomic E-state index is 0.509. The van der Waals surface area contributed by atoms with Gasteiger partial charge in [0, 0.05) is 5.41 Å². The Labute approximate surface area is 51.6 Å². The van der Waals surface area contributed by atoms with Gasteiger partial charge in [0.25, 0.3) is 0 Å². The lowest BCUT2D eigenvalue weighted by molar-refractivity contribution is 0.660. The molecule has 0 atom stereocenters. The molecule has 1 rings (SSSR count). The molecule has 0 aromatic heterocycles. The molecule has 0 spiro atoms. The van der Waals surface area contributed by atoms with Crippen molar-refractivity contribution >= 4 is 0 Å². The molecular weight excluding hydrogens is 96.1 g/mol. The molecule has 0 amide bonds. The van der Waals surface area contributed by atoms with Crippen molar-refractivity contribution in [3.63, 3.8) is 0 Å². The molecule has 46 valence electrons. The van der Waals surface area contributed by atoms with Crippen LogP contribution in [0.5, 0.6) is 0 Å². The van der Waals surface area contributed by atoms with Crippen LogP contribution in [0.15, 0.2) is 11.1 Å². The van der Waals surface area contributed by atoms with E-state index in [4.69, 9.17) is 0 Å². The summed E-state index contributed by atoms with van der Waals surface area (Å²) in [6.45, 7) is 9.05. The van der Waals surface area contributed by atoms with Crippen molar-refractivity contribution in [1.29, 1.82) is 0 Å². The second-order valence-electron chi connectivity index (χ2n) is 3.08. The quantitative estimate of drug-likeness (QED) is 0.455. The molecule has 0 bridgehead atoms. The van der Waals surface area contributed by atoms with Crippen molar-refractivity contribution in [3.8, 4) is 0 Å². The second-order valence-corrected chi connectivity index (χ2v) is 3.08. The van der Waals surface area contributed by atoms with Crippen LogP contribution in [-0.4, -0.2) is 0 Å². The molecule has 0 aromatic rings. The van der Waals surface area contributed by atoms with Crippen LogP contribution in [-0.2, 0) is 0 Å². The number of hydrogen-bond donors (Lipinski definition) is 0. The van der Waals surface area contributed by atoms with Gasteiger partial charge in [0.2, 0.25) is 0 Å². The first-order chi connectivity index (χ1) is 3.60. The molecule has 0 saturated heterocycles.